The lowest BCUT2D eigenvalue weighted by atomic mass is 9.76. The van der Waals surface area contributed by atoms with E-state index in [4.69, 9.17) is 14.2 Å². The predicted octanol–water partition coefficient (Wildman–Crippen LogP) is 1.02. The molecule has 0 aliphatic carbocycles. The molecule has 1 N–H and O–H groups in total. The highest BCUT2D eigenvalue weighted by Crippen LogP contribution is 2.42. The van der Waals surface area contributed by atoms with Gasteiger partial charge >= 0.3 is 5.97 Å². The second-order valence-electron chi connectivity index (χ2n) is 6.54. The summed E-state index contributed by atoms with van der Waals surface area (Å²) in [6.07, 6.45) is 0.664. The van der Waals surface area contributed by atoms with Crippen LogP contribution in [0, 0.1) is 11.3 Å². The fourth-order valence-corrected chi connectivity index (χ4v) is 3.80. The first-order valence-corrected chi connectivity index (χ1v) is 8.10. The maximum atomic E-state index is 12.8. The number of fused-ring (bicyclic) bond motifs is 2. The Morgan fingerprint density at radius 2 is 1.96 bits per heavy atom. The summed E-state index contributed by atoms with van der Waals surface area (Å²) in [5.41, 5.74) is -0.499. The van der Waals surface area contributed by atoms with Crippen molar-refractivity contribution in [3.8, 4) is 11.5 Å². The number of amides is 1. The Morgan fingerprint density at radius 1 is 1.17 bits per heavy atom. The molecule has 4 rings (SSSR count). The monoisotopic (exact) mass is 333 g/mol. The van der Waals surface area contributed by atoms with Crippen LogP contribution in [0.25, 0.3) is 0 Å². The van der Waals surface area contributed by atoms with Gasteiger partial charge in [0.1, 0.15) is 18.6 Å². The summed E-state index contributed by atoms with van der Waals surface area (Å²) in [7, 11) is 0. The van der Waals surface area contributed by atoms with Gasteiger partial charge in [0.25, 0.3) is 5.91 Å². The van der Waals surface area contributed by atoms with Gasteiger partial charge < -0.3 is 24.2 Å². The Balaban J connectivity index is 1.58. The fraction of sp³-hybridized carbons (Fsp3) is 0.529. The van der Waals surface area contributed by atoms with Crippen LogP contribution in [0.1, 0.15) is 16.8 Å². The van der Waals surface area contributed by atoms with E-state index in [9.17, 15) is 14.7 Å². The number of carboxylic acids is 1. The van der Waals surface area contributed by atoms with Gasteiger partial charge in [-0.2, -0.15) is 0 Å². The second-order valence-corrected chi connectivity index (χ2v) is 6.54. The van der Waals surface area contributed by atoms with Crippen molar-refractivity contribution in [3.63, 3.8) is 0 Å². The summed E-state index contributed by atoms with van der Waals surface area (Å²) in [5.74, 6) is 0.0554. The van der Waals surface area contributed by atoms with Crippen molar-refractivity contribution < 1.29 is 28.9 Å². The van der Waals surface area contributed by atoms with Gasteiger partial charge in [-0.05, 0) is 30.5 Å². The van der Waals surface area contributed by atoms with Crippen LogP contribution in [0.5, 0.6) is 11.5 Å². The number of aliphatic carboxylic acids is 1. The summed E-state index contributed by atoms with van der Waals surface area (Å²) < 4.78 is 16.4. The number of benzene rings is 1. The molecule has 2 atom stereocenters. The van der Waals surface area contributed by atoms with E-state index >= 15 is 0 Å². The quantitative estimate of drug-likeness (QED) is 0.870. The number of hydrogen-bond acceptors (Lipinski definition) is 5. The van der Waals surface area contributed by atoms with Crippen LogP contribution in [0.15, 0.2) is 18.2 Å². The van der Waals surface area contributed by atoms with E-state index in [1.165, 1.54) is 0 Å². The number of likely N-dealkylation sites (tertiary alicyclic amines) is 1. The van der Waals surface area contributed by atoms with E-state index in [2.05, 4.69) is 0 Å². The molecule has 24 heavy (non-hydrogen) atoms. The van der Waals surface area contributed by atoms with Crippen molar-refractivity contribution in [2.45, 2.75) is 6.42 Å². The average molecular weight is 333 g/mol. The topological polar surface area (TPSA) is 85.3 Å². The molecule has 0 spiro atoms. The van der Waals surface area contributed by atoms with Gasteiger partial charge in [0.2, 0.25) is 0 Å². The first-order chi connectivity index (χ1) is 11.6. The second kappa shape index (κ2) is 5.66. The number of carbonyl (C=O) groups is 2. The highest BCUT2D eigenvalue weighted by Gasteiger charge is 2.55. The zero-order valence-electron chi connectivity index (χ0n) is 13.2. The van der Waals surface area contributed by atoms with Crippen molar-refractivity contribution in [1.29, 1.82) is 0 Å². The lowest BCUT2D eigenvalue weighted by Gasteiger charge is -2.33. The Bertz CT molecular complexity index is 690. The molecule has 1 aromatic rings. The molecule has 2 fully saturated rings. The average Bonchev–Trinajstić information content (AvgIpc) is 3.02. The molecule has 7 heteroatoms. The van der Waals surface area contributed by atoms with Crippen LogP contribution in [-0.4, -0.2) is 61.4 Å². The lowest BCUT2D eigenvalue weighted by molar-refractivity contribution is -0.159. The summed E-state index contributed by atoms with van der Waals surface area (Å²) in [6, 6.07) is 5.09. The Morgan fingerprint density at radius 3 is 2.71 bits per heavy atom. The van der Waals surface area contributed by atoms with Gasteiger partial charge in [-0.25, -0.2) is 0 Å². The first-order valence-electron chi connectivity index (χ1n) is 8.10. The van der Waals surface area contributed by atoms with Crippen molar-refractivity contribution in [2.24, 2.45) is 11.3 Å². The SMILES string of the molecule is O=C(c1ccc2c(c1)OCCO2)N1C[C@@H]2CCOC[C@]2(C(=O)O)C1. The van der Waals surface area contributed by atoms with Crippen molar-refractivity contribution >= 4 is 11.9 Å². The Labute approximate surface area is 139 Å². The lowest BCUT2D eigenvalue weighted by Crippen LogP contribution is -2.46. The summed E-state index contributed by atoms with van der Waals surface area (Å²) in [4.78, 5) is 26.3. The molecule has 1 aromatic carbocycles. The molecule has 0 radical (unpaired) electrons. The molecule has 3 aliphatic rings. The van der Waals surface area contributed by atoms with Crippen molar-refractivity contribution in [3.05, 3.63) is 23.8 Å². The van der Waals surface area contributed by atoms with E-state index < -0.39 is 11.4 Å². The summed E-state index contributed by atoms with van der Waals surface area (Å²) >= 11 is 0. The van der Waals surface area contributed by atoms with Crippen LogP contribution in [0.2, 0.25) is 0 Å². The van der Waals surface area contributed by atoms with Crippen LogP contribution in [0.3, 0.4) is 0 Å². The molecule has 3 heterocycles. The predicted molar refractivity (Wildman–Crippen MR) is 82.3 cm³/mol. The van der Waals surface area contributed by atoms with Crippen LogP contribution >= 0.6 is 0 Å². The highest BCUT2D eigenvalue weighted by molar-refractivity contribution is 5.96. The van der Waals surface area contributed by atoms with Gasteiger partial charge in [-0.3, -0.25) is 9.59 Å². The number of carboxylic acid groups (broad SMARTS) is 1. The normalized spacial score (nSPS) is 28.3. The van der Waals surface area contributed by atoms with E-state index in [1.54, 1.807) is 23.1 Å². The van der Waals surface area contributed by atoms with Crippen LogP contribution in [-0.2, 0) is 9.53 Å². The van der Waals surface area contributed by atoms with Gasteiger partial charge in [0.05, 0.1) is 6.61 Å². The fourth-order valence-electron chi connectivity index (χ4n) is 3.80. The molecular weight excluding hydrogens is 314 g/mol. The molecule has 128 valence electrons. The van der Waals surface area contributed by atoms with Gasteiger partial charge in [0.15, 0.2) is 11.5 Å². The van der Waals surface area contributed by atoms with Crippen LogP contribution < -0.4 is 9.47 Å². The highest BCUT2D eigenvalue weighted by atomic mass is 16.6. The summed E-state index contributed by atoms with van der Waals surface area (Å²) in [5, 5.41) is 9.67. The van der Waals surface area contributed by atoms with Gasteiger partial charge in [-0.15, -0.1) is 0 Å². The maximum Gasteiger partial charge on any atom is 0.314 e. The van der Waals surface area contributed by atoms with E-state index in [0.717, 1.165) is 0 Å². The molecule has 2 saturated heterocycles. The largest absolute Gasteiger partial charge is 0.486 e. The zero-order valence-corrected chi connectivity index (χ0v) is 13.2. The van der Waals surface area contributed by atoms with Crippen molar-refractivity contribution in [1.82, 2.24) is 4.90 Å². The maximum absolute atomic E-state index is 12.8. The molecule has 3 aliphatic heterocycles. The van der Waals surface area contributed by atoms with E-state index in [0.29, 0.717) is 49.8 Å². The number of carbonyl (C=O) groups excluding carboxylic acids is 1. The minimum atomic E-state index is -0.984. The Kier molecular flexibility index (Phi) is 3.60. The third kappa shape index (κ3) is 2.31. The van der Waals surface area contributed by atoms with E-state index in [-0.39, 0.29) is 25.0 Å². The molecule has 0 aromatic heterocycles. The molecule has 7 nitrogen and oxygen atoms in total. The van der Waals surface area contributed by atoms with Crippen LogP contribution in [0.4, 0.5) is 0 Å². The first kappa shape index (κ1) is 15.3. The number of hydrogen-bond donors (Lipinski definition) is 1. The number of ether oxygens (including phenoxy) is 3. The molecule has 1 amide bonds. The number of nitrogens with zero attached hydrogens (tertiary/aromatic N) is 1. The molecule has 0 saturated carbocycles. The third-order valence-electron chi connectivity index (χ3n) is 5.17. The standard InChI is InChI=1S/C17H19NO6/c19-15(11-1-2-13-14(7-11)24-6-5-23-13)18-8-12-3-4-22-10-17(12,9-18)16(20)21/h1-2,7,12H,3-6,8-10H2,(H,20,21)/t12-,17+/m0/s1. The van der Waals surface area contributed by atoms with Gasteiger partial charge in [0, 0.05) is 25.3 Å². The molecule has 0 bridgehead atoms. The van der Waals surface area contributed by atoms with E-state index in [1.807, 2.05) is 0 Å². The molecule has 0 unspecified atom stereocenters. The van der Waals surface area contributed by atoms with Crippen molar-refractivity contribution in [2.75, 3.05) is 39.5 Å². The zero-order chi connectivity index (χ0) is 16.7. The smallest absolute Gasteiger partial charge is 0.314 e. The minimum absolute atomic E-state index is 0.0649. The third-order valence-corrected chi connectivity index (χ3v) is 5.17. The minimum Gasteiger partial charge on any atom is -0.486 e. The Hall–Kier alpha value is -2.28. The molecular formula is C17H19NO6. The van der Waals surface area contributed by atoms with Gasteiger partial charge in [-0.1, -0.05) is 0 Å². The summed E-state index contributed by atoms with van der Waals surface area (Å²) in [6.45, 7) is 2.29. The number of rotatable bonds is 2.